The zero-order valence-corrected chi connectivity index (χ0v) is 15.1. The summed E-state index contributed by atoms with van der Waals surface area (Å²) < 4.78 is 10.3. The summed E-state index contributed by atoms with van der Waals surface area (Å²) in [4.78, 5) is 23.4. The van der Waals surface area contributed by atoms with Gasteiger partial charge in [-0.25, -0.2) is 0 Å². The zero-order valence-electron chi connectivity index (χ0n) is 14.3. The summed E-state index contributed by atoms with van der Waals surface area (Å²) in [7, 11) is 3.03. The molecule has 2 unspecified atom stereocenters. The Morgan fingerprint density at radius 3 is 2.42 bits per heavy atom. The van der Waals surface area contributed by atoms with Crippen LogP contribution in [0.15, 0.2) is 18.2 Å². The van der Waals surface area contributed by atoms with E-state index in [0.717, 1.165) is 0 Å². The molecule has 2 atom stereocenters. The van der Waals surface area contributed by atoms with Crippen LogP contribution in [0.1, 0.15) is 26.7 Å². The predicted molar refractivity (Wildman–Crippen MR) is 94.4 cm³/mol. The quantitative estimate of drug-likeness (QED) is 0.625. The van der Waals surface area contributed by atoms with Crippen molar-refractivity contribution in [2.45, 2.75) is 38.8 Å². The molecule has 1 rings (SSSR count). The first-order chi connectivity index (χ1) is 10.9. The van der Waals surface area contributed by atoms with Gasteiger partial charge in [0.1, 0.15) is 17.5 Å². The fraction of sp³-hybridized carbons (Fsp3) is 0.500. The highest BCUT2D eigenvalue weighted by Crippen LogP contribution is 2.29. The average Bonchev–Trinajstić information content (AvgIpc) is 2.54. The number of carboxylic acids is 1. The summed E-state index contributed by atoms with van der Waals surface area (Å²) >= 11 is 0. The molecule has 0 aliphatic carbocycles. The molecule has 0 aromatic heterocycles. The van der Waals surface area contributed by atoms with Gasteiger partial charge in [0.2, 0.25) is 5.91 Å². The highest BCUT2D eigenvalue weighted by atomic mass is 35.5. The number of carboxylic acid groups (broad SMARTS) is 1. The van der Waals surface area contributed by atoms with Gasteiger partial charge in [-0.3, -0.25) is 14.9 Å². The highest BCUT2D eigenvalue weighted by Gasteiger charge is 2.23. The standard InChI is InChI=1S/C16H24N2O5.ClH/c1-5-6-13(16(20)21)17-10(2)15(19)18-12-8-7-11(22-3)9-14(12)23-4;/h7-10,13,17H,5-6H2,1-4H3,(H,18,19)(H,20,21);1H. The molecule has 0 saturated carbocycles. The van der Waals surface area contributed by atoms with E-state index in [9.17, 15) is 9.59 Å². The molecule has 0 aliphatic rings. The third kappa shape index (κ3) is 6.25. The molecular weight excluding hydrogens is 336 g/mol. The molecule has 24 heavy (non-hydrogen) atoms. The van der Waals surface area contributed by atoms with E-state index < -0.39 is 18.1 Å². The number of nitrogens with one attached hydrogen (secondary N) is 2. The number of rotatable bonds is 9. The number of carbonyl (C=O) groups excluding carboxylic acids is 1. The molecule has 0 radical (unpaired) electrons. The third-order valence-corrected chi connectivity index (χ3v) is 3.39. The van der Waals surface area contributed by atoms with Crippen LogP contribution >= 0.6 is 12.4 Å². The molecule has 0 fully saturated rings. The monoisotopic (exact) mass is 360 g/mol. The van der Waals surface area contributed by atoms with Gasteiger partial charge in [-0.2, -0.15) is 0 Å². The summed E-state index contributed by atoms with van der Waals surface area (Å²) in [6.45, 7) is 3.52. The minimum atomic E-state index is -0.964. The first-order valence-corrected chi connectivity index (χ1v) is 7.44. The summed E-state index contributed by atoms with van der Waals surface area (Å²) in [5.74, 6) is -0.225. The van der Waals surface area contributed by atoms with Gasteiger partial charge in [0.25, 0.3) is 0 Å². The van der Waals surface area contributed by atoms with Crippen LogP contribution in [-0.4, -0.2) is 43.3 Å². The molecule has 7 nitrogen and oxygen atoms in total. The van der Waals surface area contributed by atoms with Crippen LogP contribution in [0.5, 0.6) is 11.5 Å². The SMILES string of the molecule is CCCC(NC(C)C(=O)Nc1ccc(OC)cc1OC)C(=O)O.Cl. The number of amides is 1. The number of carbonyl (C=O) groups is 2. The molecule has 0 heterocycles. The average molecular weight is 361 g/mol. The first kappa shape index (κ1) is 22.0. The maximum absolute atomic E-state index is 12.2. The van der Waals surface area contributed by atoms with Crippen LogP contribution in [0.3, 0.4) is 0 Å². The molecule has 3 N–H and O–H groups in total. The molecule has 1 amide bonds. The van der Waals surface area contributed by atoms with Gasteiger partial charge >= 0.3 is 5.97 Å². The Bertz CT molecular complexity index is 553. The molecular formula is C16H25ClN2O5. The second kappa shape index (κ2) is 10.7. The second-order valence-electron chi connectivity index (χ2n) is 5.12. The Morgan fingerprint density at radius 2 is 1.92 bits per heavy atom. The lowest BCUT2D eigenvalue weighted by Crippen LogP contribution is -2.47. The Balaban J connectivity index is 0.00000529. The van der Waals surface area contributed by atoms with Gasteiger partial charge in [0.05, 0.1) is 25.9 Å². The van der Waals surface area contributed by atoms with Crippen molar-refractivity contribution in [2.75, 3.05) is 19.5 Å². The number of ether oxygens (including phenoxy) is 2. The van der Waals surface area contributed by atoms with E-state index >= 15 is 0 Å². The number of benzene rings is 1. The maximum atomic E-state index is 12.2. The number of halogens is 1. The fourth-order valence-electron chi connectivity index (χ4n) is 2.09. The first-order valence-electron chi connectivity index (χ1n) is 7.44. The molecule has 0 spiro atoms. The lowest BCUT2D eigenvalue weighted by atomic mass is 10.1. The highest BCUT2D eigenvalue weighted by molar-refractivity contribution is 5.96. The van der Waals surface area contributed by atoms with E-state index in [1.54, 1.807) is 32.2 Å². The second-order valence-corrected chi connectivity index (χ2v) is 5.12. The van der Waals surface area contributed by atoms with Gasteiger partial charge < -0.3 is 19.9 Å². The maximum Gasteiger partial charge on any atom is 0.320 e. The smallest absolute Gasteiger partial charge is 0.320 e. The van der Waals surface area contributed by atoms with Crippen LogP contribution in [0.25, 0.3) is 0 Å². The van der Waals surface area contributed by atoms with E-state index in [1.807, 2.05) is 6.92 Å². The summed E-state index contributed by atoms with van der Waals surface area (Å²) in [5, 5.41) is 14.7. The summed E-state index contributed by atoms with van der Waals surface area (Å²) in [6, 6.07) is 3.62. The van der Waals surface area contributed by atoms with Crippen molar-refractivity contribution >= 4 is 30.0 Å². The Labute approximate surface area is 148 Å². The molecule has 136 valence electrons. The van der Waals surface area contributed by atoms with E-state index in [1.165, 1.54) is 7.11 Å². The molecule has 0 saturated heterocycles. The normalized spacial score (nSPS) is 12.5. The van der Waals surface area contributed by atoms with E-state index in [2.05, 4.69) is 10.6 Å². The Kier molecular flexibility index (Phi) is 9.83. The van der Waals surface area contributed by atoms with Crippen molar-refractivity contribution in [1.82, 2.24) is 5.32 Å². The fourth-order valence-corrected chi connectivity index (χ4v) is 2.09. The van der Waals surface area contributed by atoms with E-state index in [0.29, 0.717) is 30.0 Å². The van der Waals surface area contributed by atoms with Crippen molar-refractivity contribution in [3.05, 3.63) is 18.2 Å². The van der Waals surface area contributed by atoms with Crippen molar-refractivity contribution in [2.24, 2.45) is 0 Å². The number of anilines is 1. The van der Waals surface area contributed by atoms with Crippen LogP contribution in [0, 0.1) is 0 Å². The molecule has 1 aromatic carbocycles. The summed E-state index contributed by atoms with van der Waals surface area (Å²) in [5.41, 5.74) is 0.495. The molecule has 0 bridgehead atoms. The molecule has 1 aromatic rings. The van der Waals surface area contributed by atoms with Gasteiger partial charge in [-0.15, -0.1) is 12.4 Å². The van der Waals surface area contributed by atoms with Crippen LogP contribution in [0.2, 0.25) is 0 Å². The minimum absolute atomic E-state index is 0. The minimum Gasteiger partial charge on any atom is -0.497 e. The predicted octanol–water partition coefficient (Wildman–Crippen LogP) is 2.30. The number of aliphatic carboxylic acids is 1. The van der Waals surface area contributed by atoms with Crippen LogP contribution < -0.4 is 20.1 Å². The van der Waals surface area contributed by atoms with Crippen LogP contribution in [-0.2, 0) is 9.59 Å². The topological polar surface area (TPSA) is 96.9 Å². The van der Waals surface area contributed by atoms with Crippen molar-refractivity contribution in [3.63, 3.8) is 0 Å². The van der Waals surface area contributed by atoms with Gasteiger partial charge in [-0.1, -0.05) is 13.3 Å². The summed E-state index contributed by atoms with van der Waals surface area (Å²) in [6.07, 6.45) is 1.17. The van der Waals surface area contributed by atoms with Crippen LogP contribution in [0.4, 0.5) is 5.69 Å². The Morgan fingerprint density at radius 1 is 1.25 bits per heavy atom. The largest absolute Gasteiger partial charge is 0.497 e. The zero-order chi connectivity index (χ0) is 17.4. The van der Waals surface area contributed by atoms with Crippen molar-refractivity contribution in [1.29, 1.82) is 0 Å². The van der Waals surface area contributed by atoms with Gasteiger partial charge in [-0.05, 0) is 25.5 Å². The number of hydrogen-bond donors (Lipinski definition) is 3. The van der Waals surface area contributed by atoms with Crippen molar-refractivity contribution < 1.29 is 24.2 Å². The van der Waals surface area contributed by atoms with Gasteiger partial charge in [0, 0.05) is 6.07 Å². The number of hydrogen-bond acceptors (Lipinski definition) is 5. The Hall–Kier alpha value is -1.99. The van der Waals surface area contributed by atoms with Crippen molar-refractivity contribution in [3.8, 4) is 11.5 Å². The number of methoxy groups -OCH3 is 2. The molecule has 8 heteroatoms. The lowest BCUT2D eigenvalue weighted by molar-refractivity contribution is -0.140. The lowest BCUT2D eigenvalue weighted by Gasteiger charge is -2.20. The molecule has 0 aliphatic heterocycles. The van der Waals surface area contributed by atoms with Gasteiger partial charge in [0.15, 0.2) is 0 Å². The van der Waals surface area contributed by atoms with E-state index in [4.69, 9.17) is 14.6 Å². The van der Waals surface area contributed by atoms with E-state index in [-0.39, 0.29) is 18.3 Å². The third-order valence-electron chi connectivity index (χ3n) is 3.39.